The van der Waals surface area contributed by atoms with Gasteiger partial charge < -0.3 is 19.9 Å². The zero-order valence-corrected chi connectivity index (χ0v) is 13.4. The number of nitrogens with zero attached hydrogens (tertiary/aromatic N) is 2. The number of hydrogen-bond acceptors (Lipinski definition) is 4. The molecule has 6 heteroatoms. The second-order valence-electron chi connectivity index (χ2n) is 5.85. The summed E-state index contributed by atoms with van der Waals surface area (Å²) in [5.74, 6) is -0.215. The van der Waals surface area contributed by atoms with Crippen LogP contribution in [0.25, 0.3) is 0 Å². The van der Waals surface area contributed by atoms with E-state index in [1.54, 1.807) is 12.1 Å². The summed E-state index contributed by atoms with van der Waals surface area (Å²) in [5.41, 5.74) is 0.723. The Morgan fingerprint density at radius 3 is 2.86 bits per heavy atom. The molecule has 1 aromatic rings. The Kier molecular flexibility index (Phi) is 5.74. The average Bonchev–Trinajstić information content (AvgIpc) is 2.49. The first-order valence-corrected chi connectivity index (χ1v) is 7.47. The molecule has 2 rings (SSSR count). The van der Waals surface area contributed by atoms with Crippen molar-refractivity contribution in [2.24, 2.45) is 0 Å². The van der Waals surface area contributed by atoms with Crippen LogP contribution >= 0.6 is 0 Å². The van der Waals surface area contributed by atoms with E-state index in [9.17, 15) is 9.18 Å². The lowest BCUT2D eigenvalue weighted by molar-refractivity contribution is -0.122. The Morgan fingerprint density at radius 2 is 2.18 bits per heavy atom. The van der Waals surface area contributed by atoms with Crippen molar-refractivity contribution in [3.8, 4) is 5.75 Å². The number of piperazine rings is 1. The number of carbonyl (C=O) groups excluding carboxylic acids is 1. The van der Waals surface area contributed by atoms with Crippen LogP contribution in [0.1, 0.15) is 12.0 Å². The first-order chi connectivity index (χ1) is 10.5. The molecule has 1 heterocycles. The molecule has 0 aliphatic carbocycles. The molecule has 1 fully saturated rings. The van der Waals surface area contributed by atoms with Crippen LogP contribution in [0.2, 0.25) is 0 Å². The topological polar surface area (TPSA) is 44.8 Å². The van der Waals surface area contributed by atoms with E-state index in [4.69, 9.17) is 4.74 Å². The SMILES string of the molecule is COc1ccc(CNC(=O)C[C@H]2CN(C)CCN2C)cc1F. The lowest BCUT2D eigenvalue weighted by Crippen LogP contribution is -2.51. The Balaban J connectivity index is 1.83. The average molecular weight is 309 g/mol. The number of benzene rings is 1. The lowest BCUT2D eigenvalue weighted by atomic mass is 10.1. The molecule has 1 atom stereocenters. The van der Waals surface area contributed by atoms with E-state index in [2.05, 4.69) is 22.2 Å². The lowest BCUT2D eigenvalue weighted by Gasteiger charge is -2.37. The highest BCUT2D eigenvalue weighted by atomic mass is 19.1. The summed E-state index contributed by atoms with van der Waals surface area (Å²) < 4.78 is 18.5. The highest BCUT2D eigenvalue weighted by molar-refractivity contribution is 5.76. The summed E-state index contributed by atoms with van der Waals surface area (Å²) >= 11 is 0. The van der Waals surface area contributed by atoms with Crippen LogP contribution in [-0.4, -0.2) is 62.6 Å². The van der Waals surface area contributed by atoms with Gasteiger partial charge in [0.15, 0.2) is 11.6 Å². The van der Waals surface area contributed by atoms with Crippen molar-refractivity contribution in [1.29, 1.82) is 0 Å². The highest BCUT2D eigenvalue weighted by Gasteiger charge is 2.24. The van der Waals surface area contributed by atoms with Gasteiger partial charge in [0.2, 0.25) is 5.91 Å². The van der Waals surface area contributed by atoms with Crippen molar-refractivity contribution < 1.29 is 13.9 Å². The maximum absolute atomic E-state index is 13.6. The number of carbonyl (C=O) groups is 1. The quantitative estimate of drug-likeness (QED) is 0.884. The first-order valence-electron chi connectivity index (χ1n) is 7.47. The first kappa shape index (κ1) is 16.7. The fraction of sp³-hybridized carbons (Fsp3) is 0.562. The number of amides is 1. The van der Waals surface area contributed by atoms with E-state index in [-0.39, 0.29) is 17.7 Å². The second kappa shape index (κ2) is 7.56. The predicted molar refractivity (Wildman–Crippen MR) is 83.3 cm³/mol. The van der Waals surface area contributed by atoms with Crippen LogP contribution in [0.4, 0.5) is 4.39 Å². The van der Waals surface area contributed by atoms with Gasteiger partial charge in [-0.25, -0.2) is 4.39 Å². The molecular formula is C16H24FN3O2. The fourth-order valence-electron chi connectivity index (χ4n) is 2.63. The second-order valence-corrected chi connectivity index (χ2v) is 5.85. The van der Waals surface area contributed by atoms with Gasteiger partial charge in [-0.2, -0.15) is 0 Å². The third-order valence-electron chi connectivity index (χ3n) is 4.11. The van der Waals surface area contributed by atoms with Gasteiger partial charge in [-0.15, -0.1) is 0 Å². The Morgan fingerprint density at radius 1 is 1.41 bits per heavy atom. The van der Waals surface area contributed by atoms with E-state index in [1.807, 2.05) is 7.05 Å². The Hall–Kier alpha value is -1.66. The number of nitrogens with one attached hydrogen (secondary N) is 1. The molecule has 0 aromatic heterocycles. The number of halogens is 1. The minimum absolute atomic E-state index is 0.0108. The minimum Gasteiger partial charge on any atom is -0.494 e. The molecule has 1 amide bonds. The van der Waals surface area contributed by atoms with Gasteiger partial charge in [0, 0.05) is 38.6 Å². The van der Waals surface area contributed by atoms with Gasteiger partial charge in [0.05, 0.1) is 7.11 Å². The normalized spacial score (nSPS) is 19.9. The van der Waals surface area contributed by atoms with Gasteiger partial charge in [-0.1, -0.05) is 6.07 Å². The zero-order valence-electron chi connectivity index (χ0n) is 13.4. The summed E-state index contributed by atoms with van der Waals surface area (Å²) in [6, 6.07) is 4.94. The molecule has 5 nitrogen and oxygen atoms in total. The molecule has 1 N–H and O–H groups in total. The van der Waals surface area contributed by atoms with Gasteiger partial charge in [0.25, 0.3) is 0 Å². The summed E-state index contributed by atoms with van der Waals surface area (Å²) in [6.07, 6.45) is 0.458. The van der Waals surface area contributed by atoms with Crippen LogP contribution in [0.5, 0.6) is 5.75 Å². The Labute approximate surface area is 131 Å². The Bertz CT molecular complexity index is 524. The number of hydrogen-bond donors (Lipinski definition) is 1. The van der Waals surface area contributed by atoms with Crippen LogP contribution in [0, 0.1) is 5.82 Å². The van der Waals surface area contributed by atoms with Crippen LogP contribution in [-0.2, 0) is 11.3 Å². The van der Waals surface area contributed by atoms with Crippen molar-refractivity contribution in [3.63, 3.8) is 0 Å². The smallest absolute Gasteiger partial charge is 0.221 e. The predicted octanol–water partition coefficient (Wildman–Crippen LogP) is 1.09. The molecule has 1 aliphatic rings. The molecular weight excluding hydrogens is 285 g/mol. The van der Waals surface area contributed by atoms with Crippen LogP contribution in [0.3, 0.4) is 0 Å². The van der Waals surface area contributed by atoms with E-state index >= 15 is 0 Å². The van der Waals surface area contributed by atoms with E-state index in [0.717, 1.165) is 25.2 Å². The van der Waals surface area contributed by atoms with Gasteiger partial charge >= 0.3 is 0 Å². The fourth-order valence-corrected chi connectivity index (χ4v) is 2.63. The van der Waals surface area contributed by atoms with Crippen LogP contribution in [0.15, 0.2) is 18.2 Å². The maximum Gasteiger partial charge on any atom is 0.221 e. The maximum atomic E-state index is 13.6. The van der Waals surface area contributed by atoms with E-state index in [0.29, 0.717) is 13.0 Å². The van der Waals surface area contributed by atoms with Crippen LogP contribution < -0.4 is 10.1 Å². The standard InChI is InChI=1S/C16H24FN3O2/c1-19-6-7-20(2)13(11-19)9-16(21)18-10-12-4-5-15(22-3)14(17)8-12/h4-5,8,13H,6-7,9-11H2,1-3H3,(H,18,21)/t13-/m0/s1. The summed E-state index contributed by atoms with van der Waals surface area (Å²) in [4.78, 5) is 16.5. The van der Waals surface area contributed by atoms with Crippen molar-refractivity contribution in [2.75, 3.05) is 40.8 Å². The molecule has 1 aromatic carbocycles. The van der Waals surface area contributed by atoms with Gasteiger partial charge in [0.1, 0.15) is 0 Å². The summed E-state index contributed by atoms with van der Waals surface area (Å²) in [6.45, 7) is 3.21. The van der Waals surface area contributed by atoms with Crippen molar-refractivity contribution in [1.82, 2.24) is 15.1 Å². The molecule has 0 radical (unpaired) electrons. The van der Waals surface area contributed by atoms with Crippen molar-refractivity contribution >= 4 is 5.91 Å². The monoisotopic (exact) mass is 309 g/mol. The van der Waals surface area contributed by atoms with Crippen molar-refractivity contribution in [3.05, 3.63) is 29.6 Å². The highest BCUT2D eigenvalue weighted by Crippen LogP contribution is 2.17. The van der Waals surface area contributed by atoms with E-state index < -0.39 is 5.82 Å². The third kappa shape index (κ3) is 4.42. The number of methoxy groups -OCH3 is 1. The number of ether oxygens (including phenoxy) is 1. The third-order valence-corrected chi connectivity index (χ3v) is 4.11. The molecule has 22 heavy (non-hydrogen) atoms. The molecule has 1 aliphatic heterocycles. The minimum atomic E-state index is -0.414. The summed E-state index contributed by atoms with van der Waals surface area (Å²) in [7, 11) is 5.54. The molecule has 0 spiro atoms. The number of rotatable bonds is 5. The van der Waals surface area contributed by atoms with Gasteiger partial charge in [-0.05, 0) is 31.8 Å². The van der Waals surface area contributed by atoms with E-state index in [1.165, 1.54) is 13.2 Å². The number of likely N-dealkylation sites (N-methyl/N-ethyl adjacent to an activating group) is 2. The molecule has 0 bridgehead atoms. The van der Waals surface area contributed by atoms with Gasteiger partial charge in [-0.3, -0.25) is 4.79 Å². The largest absolute Gasteiger partial charge is 0.494 e. The van der Waals surface area contributed by atoms with Crippen molar-refractivity contribution in [2.45, 2.75) is 19.0 Å². The molecule has 0 unspecified atom stereocenters. The molecule has 1 saturated heterocycles. The summed E-state index contributed by atoms with van der Waals surface area (Å²) in [5, 5.41) is 2.85. The zero-order chi connectivity index (χ0) is 16.1. The molecule has 122 valence electrons. The molecule has 0 saturated carbocycles.